The predicted octanol–water partition coefficient (Wildman–Crippen LogP) is 2.72. The van der Waals surface area contributed by atoms with E-state index in [2.05, 4.69) is 30.6 Å². The van der Waals surface area contributed by atoms with E-state index < -0.39 is 0 Å². The number of halogens is 1. The molecule has 0 amide bonds. The van der Waals surface area contributed by atoms with Crippen molar-refractivity contribution < 1.29 is 4.39 Å². The van der Waals surface area contributed by atoms with Gasteiger partial charge in [0.1, 0.15) is 11.6 Å². The molecule has 130 valence electrons. The summed E-state index contributed by atoms with van der Waals surface area (Å²) < 4.78 is 15.5. The molecule has 0 saturated carbocycles. The number of aryl methyl sites for hydroxylation is 1. The number of hydrogen-bond donors (Lipinski definition) is 1. The maximum absolute atomic E-state index is 13.9. The summed E-state index contributed by atoms with van der Waals surface area (Å²) in [4.78, 5) is 13.1. The quantitative estimate of drug-likeness (QED) is 0.597. The molecule has 0 bridgehead atoms. The van der Waals surface area contributed by atoms with E-state index in [1.165, 1.54) is 6.07 Å². The van der Waals surface area contributed by atoms with E-state index in [0.29, 0.717) is 34.9 Å². The van der Waals surface area contributed by atoms with E-state index in [1.54, 1.807) is 36.0 Å². The van der Waals surface area contributed by atoms with Crippen molar-refractivity contribution in [2.75, 3.05) is 5.32 Å². The number of aromatic nitrogens is 6. The second-order valence-electron chi connectivity index (χ2n) is 5.80. The maximum atomic E-state index is 13.9. The summed E-state index contributed by atoms with van der Waals surface area (Å²) in [5, 5.41) is 11.5. The molecule has 0 unspecified atom stereocenters. The standard InChI is InChI=1S/C18H16FN7/c1-12-22-17(21-10-14-7-4-5-9-20-14)16-18(23-12)26(25-24-16)11-13-6-2-3-8-15(13)19/h2-9H,10-11H2,1H3,(H,21,22,23). The van der Waals surface area contributed by atoms with Crippen molar-refractivity contribution in [2.24, 2.45) is 0 Å². The first-order valence-electron chi connectivity index (χ1n) is 8.16. The van der Waals surface area contributed by atoms with E-state index >= 15 is 0 Å². The van der Waals surface area contributed by atoms with Crippen molar-refractivity contribution >= 4 is 17.0 Å². The predicted molar refractivity (Wildman–Crippen MR) is 94.9 cm³/mol. The van der Waals surface area contributed by atoms with Gasteiger partial charge in [0.15, 0.2) is 17.0 Å². The number of pyridine rings is 1. The lowest BCUT2D eigenvalue weighted by Gasteiger charge is -2.07. The highest BCUT2D eigenvalue weighted by Gasteiger charge is 2.14. The number of nitrogens with zero attached hydrogens (tertiary/aromatic N) is 6. The van der Waals surface area contributed by atoms with Gasteiger partial charge in [0.05, 0.1) is 18.8 Å². The first kappa shape index (κ1) is 16.1. The first-order chi connectivity index (χ1) is 12.7. The van der Waals surface area contributed by atoms with Crippen LogP contribution in [0.5, 0.6) is 0 Å². The van der Waals surface area contributed by atoms with Crippen LogP contribution in [0.15, 0.2) is 48.7 Å². The summed E-state index contributed by atoms with van der Waals surface area (Å²) in [6.07, 6.45) is 1.74. The van der Waals surface area contributed by atoms with E-state index in [0.717, 1.165) is 5.69 Å². The van der Waals surface area contributed by atoms with Crippen LogP contribution in [0.2, 0.25) is 0 Å². The summed E-state index contributed by atoms with van der Waals surface area (Å²) in [5.41, 5.74) is 2.52. The Morgan fingerprint density at radius 2 is 1.92 bits per heavy atom. The van der Waals surface area contributed by atoms with Gasteiger partial charge in [0, 0.05) is 11.8 Å². The minimum absolute atomic E-state index is 0.249. The number of benzene rings is 1. The van der Waals surface area contributed by atoms with Crippen molar-refractivity contribution in [2.45, 2.75) is 20.0 Å². The van der Waals surface area contributed by atoms with Crippen LogP contribution in [0, 0.1) is 12.7 Å². The fourth-order valence-electron chi connectivity index (χ4n) is 2.66. The lowest BCUT2D eigenvalue weighted by atomic mass is 10.2. The highest BCUT2D eigenvalue weighted by molar-refractivity contribution is 5.82. The number of nitrogens with one attached hydrogen (secondary N) is 1. The van der Waals surface area contributed by atoms with Crippen LogP contribution in [-0.4, -0.2) is 29.9 Å². The largest absolute Gasteiger partial charge is 0.362 e. The first-order valence-corrected chi connectivity index (χ1v) is 8.16. The van der Waals surface area contributed by atoms with E-state index in [-0.39, 0.29) is 12.4 Å². The minimum atomic E-state index is -0.282. The Balaban J connectivity index is 1.66. The molecule has 0 saturated heterocycles. The monoisotopic (exact) mass is 349 g/mol. The molecular weight excluding hydrogens is 333 g/mol. The molecule has 4 aromatic rings. The van der Waals surface area contributed by atoms with Crippen LogP contribution in [0.3, 0.4) is 0 Å². The van der Waals surface area contributed by atoms with Gasteiger partial charge in [-0.1, -0.05) is 29.5 Å². The molecule has 0 radical (unpaired) electrons. The van der Waals surface area contributed by atoms with Crippen LogP contribution >= 0.6 is 0 Å². The molecule has 0 aliphatic heterocycles. The second kappa shape index (κ2) is 6.83. The molecule has 0 aliphatic rings. The van der Waals surface area contributed by atoms with Gasteiger partial charge in [-0.2, -0.15) is 0 Å². The topological polar surface area (TPSA) is 81.4 Å². The smallest absolute Gasteiger partial charge is 0.184 e. The molecule has 3 aromatic heterocycles. The molecular formula is C18H16FN7. The van der Waals surface area contributed by atoms with Gasteiger partial charge in [-0.25, -0.2) is 19.0 Å². The maximum Gasteiger partial charge on any atom is 0.184 e. The zero-order valence-electron chi connectivity index (χ0n) is 14.1. The van der Waals surface area contributed by atoms with Crippen LogP contribution in [0.25, 0.3) is 11.2 Å². The molecule has 7 nitrogen and oxygen atoms in total. The highest BCUT2D eigenvalue weighted by Crippen LogP contribution is 2.19. The van der Waals surface area contributed by atoms with Crippen LogP contribution in [0.1, 0.15) is 17.1 Å². The van der Waals surface area contributed by atoms with Gasteiger partial charge < -0.3 is 5.32 Å². The molecule has 8 heteroatoms. The third-order valence-electron chi connectivity index (χ3n) is 3.92. The SMILES string of the molecule is Cc1nc(NCc2ccccn2)c2nnn(Cc3ccccc3F)c2n1. The Kier molecular flexibility index (Phi) is 4.22. The lowest BCUT2D eigenvalue weighted by molar-refractivity contribution is 0.582. The van der Waals surface area contributed by atoms with E-state index in [9.17, 15) is 4.39 Å². The molecule has 1 aromatic carbocycles. The number of rotatable bonds is 5. The Morgan fingerprint density at radius 3 is 2.73 bits per heavy atom. The summed E-state index contributed by atoms with van der Waals surface area (Å²) in [5.74, 6) is 0.881. The minimum Gasteiger partial charge on any atom is -0.362 e. The molecule has 26 heavy (non-hydrogen) atoms. The van der Waals surface area contributed by atoms with Crippen molar-refractivity contribution in [1.29, 1.82) is 0 Å². The van der Waals surface area contributed by atoms with Gasteiger partial charge >= 0.3 is 0 Å². The third kappa shape index (κ3) is 3.21. The van der Waals surface area contributed by atoms with Crippen molar-refractivity contribution in [3.05, 3.63) is 71.6 Å². The number of anilines is 1. The molecule has 0 fully saturated rings. The van der Waals surface area contributed by atoms with Gasteiger partial charge in [-0.3, -0.25) is 4.98 Å². The Morgan fingerprint density at radius 1 is 1.08 bits per heavy atom. The third-order valence-corrected chi connectivity index (χ3v) is 3.92. The van der Waals surface area contributed by atoms with Gasteiger partial charge in [0.25, 0.3) is 0 Å². The number of hydrogen-bond acceptors (Lipinski definition) is 6. The van der Waals surface area contributed by atoms with E-state index in [4.69, 9.17) is 0 Å². The lowest BCUT2D eigenvalue weighted by Crippen LogP contribution is -2.07. The Bertz CT molecular complexity index is 1050. The molecule has 3 heterocycles. The molecule has 4 rings (SSSR count). The molecule has 0 spiro atoms. The van der Waals surface area contributed by atoms with Crippen molar-refractivity contribution in [1.82, 2.24) is 29.9 Å². The summed E-state index contributed by atoms with van der Waals surface area (Å²) >= 11 is 0. The van der Waals surface area contributed by atoms with Gasteiger partial charge in [0.2, 0.25) is 0 Å². The normalized spacial score (nSPS) is 11.0. The number of fused-ring (bicyclic) bond motifs is 1. The fraction of sp³-hybridized carbons (Fsp3) is 0.167. The van der Waals surface area contributed by atoms with Crippen LogP contribution in [-0.2, 0) is 13.1 Å². The van der Waals surface area contributed by atoms with Crippen molar-refractivity contribution in [3.63, 3.8) is 0 Å². The van der Waals surface area contributed by atoms with E-state index in [1.807, 2.05) is 18.2 Å². The fourth-order valence-corrected chi connectivity index (χ4v) is 2.66. The average Bonchev–Trinajstić information content (AvgIpc) is 3.05. The summed E-state index contributed by atoms with van der Waals surface area (Å²) in [6.45, 7) is 2.55. The summed E-state index contributed by atoms with van der Waals surface area (Å²) in [6, 6.07) is 12.3. The zero-order chi connectivity index (χ0) is 17.9. The second-order valence-corrected chi connectivity index (χ2v) is 5.80. The highest BCUT2D eigenvalue weighted by atomic mass is 19.1. The molecule has 0 atom stereocenters. The van der Waals surface area contributed by atoms with Gasteiger partial charge in [-0.15, -0.1) is 5.10 Å². The van der Waals surface area contributed by atoms with Crippen molar-refractivity contribution in [3.8, 4) is 0 Å². The Hall–Kier alpha value is -3.42. The molecule has 1 N–H and O–H groups in total. The average molecular weight is 349 g/mol. The Labute approximate surface area is 148 Å². The van der Waals surface area contributed by atoms with Crippen LogP contribution < -0.4 is 5.32 Å². The van der Waals surface area contributed by atoms with Crippen LogP contribution in [0.4, 0.5) is 10.2 Å². The van der Waals surface area contributed by atoms with Gasteiger partial charge in [-0.05, 0) is 25.1 Å². The zero-order valence-corrected chi connectivity index (χ0v) is 14.1. The molecule has 0 aliphatic carbocycles. The summed E-state index contributed by atoms with van der Waals surface area (Å²) in [7, 11) is 0.